The van der Waals surface area contributed by atoms with E-state index >= 15 is 0 Å². The van der Waals surface area contributed by atoms with E-state index in [0.29, 0.717) is 29.3 Å². The molecule has 268 valence electrons. The second kappa shape index (κ2) is 14.7. The van der Waals surface area contributed by atoms with Gasteiger partial charge in [0, 0.05) is 24.8 Å². The summed E-state index contributed by atoms with van der Waals surface area (Å²) in [7, 11) is 1.55. The number of oxime groups is 1. The molecule has 2 saturated carbocycles. The van der Waals surface area contributed by atoms with Crippen molar-refractivity contribution in [1.82, 2.24) is 15.5 Å². The predicted molar refractivity (Wildman–Crippen MR) is 184 cm³/mol. The standard InChI is InChI=1S/C36H50ClN5O7/c1-20-13-23(16-24(37)30(20)48-5)26-17-36(49-41-26)18-27(33(46)39-25(14-22-11-12-22)29(44)32(38)45)42(19-36)34(47)31(35(2,3)4)40-28(43)15-21-9-7-6-8-10-21/h13,16,21-22,25,27,31H,6-12,14-15,17-19H2,1-5H3,(H2,38,45)(H,39,46)(H,40,43)/t25-,27-,31+,36+/m0/s1. The molecule has 13 heteroatoms. The minimum Gasteiger partial charge on any atom is -0.495 e. The summed E-state index contributed by atoms with van der Waals surface area (Å²) in [6.07, 6.45) is 8.13. The highest BCUT2D eigenvalue weighted by molar-refractivity contribution is 6.38. The number of carbonyl (C=O) groups excluding carboxylic acids is 5. The third kappa shape index (κ3) is 8.56. The molecule has 2 heterocycles. The predicted octanol–water partition coefficient (Wildman–Crippen LogP) is 3.96. The first-order chi connectivity index (χ1) is 23.1. The Morgan fingerprint density at radius 2 is 1.78 bits per heavy atom. The lowest BCUT2D eigenvalue weighted by atomic mass is 9.84. The van der Waals surface area contributed by atoms with Crippen LogP contribution in [0.3, 0.4) is 0 Å². The van der Waals surface area contributed by atoms with E-state index in [-0.39, 0.29) is 37.1 Å². The molecular weight excluding hydrogens is 650 g/mol. The van der Waals surface area contributed by atoms with Crippen LogP contribution < -0.4 is 21.1 Å². The maximum atomic E-state index is 14.6. The molecule has 4 amide bonds. The molecule has 5 rings (SSSR count). The highest BCUT2D eigenvalue weighted by Crippen LogP contribution is 2.41. The van der Waals surface area contributed by atoms with Crippen LogP contribution >= 0.6 is 11.6 Å². The van der Waals surface area contributed by atoms with Crippen LogP contribution in [0.15, 0.2) is 17.3 Å². The van der Waals surface area contributed by atoms with Crippen LogP contribution in [0.4, 0.5) is 0 Å². The van der Waals surface area contributed by atoms with E-state index in [2.05, 4.69) is 15.8 Å². The maximum Gasteiger partial charge on any atom is 0.287 e. The molecular formula is C36H50ClN5O7. The Labute approximate surface area is 293 Å². The van der Waals surface area contributed by atoms with Gasteiger partial charge in [-0.15, -0.1) is 0 Å². The summed E-state index contributed by atoms with van der Waals surface area (Å²) < 4.78 is 5.40. The molecule has 2 aliphatic heterocycles. The number of hydrogen-bond acceptors (Lipinski definition) is 8. The number of likely N-dealkylation sites (tertiary alicyclic amines) is 1. The lowest BCUT2D eigenvalue weighted by Gasteiger charge is -2.36. The van der Waals surface area contributed by atoms with Crippen molar-refractivity contribution in [2.75, 3.05) is 13.7 Å². The summed E-state index contributed by atoms with van der Waals surface area (Å²) in [4.78, 5) is 74.2. The zero-order valence-electron chi connectivity index (χ0n) is 29.2. The largest absolute Gasteiger partial charge is 0.495 e. The van der Waals surface area contributed by atoms with Crippen molar-refractivity contribution in [2.45, 2.75) is 122 Å². The number of amides is 4. The highest BCUT2D eigenvalue weighted by atomic mass is 35.5. The Hall–Kier alpha value is -3.67. The Balaban J connectivity index is 1.41. The van der Waals surface area contributed by atoms with Crippen LogP contribution in [-0.2, 0) is 28.8 Å². The molecule has 4 aliphatic rings. The second-order valence-corrected chi connectivity index (χ2v) is 15.9. The molecule has 12 nitrogen and oxygen atoms in total. The van der Waals surface area contributed by atoms with E-state index in [1.165, 1.54) is 11.3 Å². The normalized spacial score (nSPS) is 23.8. The highest BCUT2D eigenvalue weighted by Gasteiger charge is 2.56. The summed E-state index contributed by atoms with van der Waals surface area (Å²) in [6.45, 7) is 7.51. The molecule has 1 aromatic rings. The zero-order valence-corrected chi connectivity index (χ0v) is 30.0. The van der Waals surface area contributed by atoms with Crippen molar-refractivity contribution in [1.29, 1.82) is 0 Å². The van der Waals surface area contributed by atoms with Gasteiger partial charge < -0.3 is 30.8 Å². The number of Topliss-reactive ketones (excluding diaryl/α,β-unsaturated/α-hetero) is 1. The monoisotopic (exact) mass is 699 g/mol. The molecule has 1 spiro atoms. The molecule has 49 heavy (non-hydrogen) atoms. The Morgan fingerprint density at radius 3 is 2.37 bits per heavy atom. The molecule has 4 N–H and O–H groups in total. The number of nitrogens with two attached hydrogens (primary N) is 1. The first kappa shape index (κ1) is 36.6. The number of hydrogen-bond donors (Lipinski definition) is 3. The fourth-order valence-corrected chi connectivity index (χ4v) is 7.83. The zero-order chi connectivity index (χ0) is 35.7. The molecule has 0 radical (unpaired) electrons. The van der Waals surface area contributed by atoms with Gasteiger partial charge in [-0.25, -0.2) is 0 Å². The van der Waals surface area contributed by atoms with Gasteiger partial charge in [0.2, 0.25) is 23.5 Å². The number of primary amides is 1. The van der Waals surface area contributed by atoms with E-state index in [1.54, 1.807) is 13.2 Å². The van der Waals surface area contributed by atoms with Gasteiger partial charge in [-0.2, -0.15) is 0 Å². The molecule has 0 aromatic heterocycles. The first-order valence-corrected chi connectivity index (χ1v) is 17.8. The maximum absolute atomic E-state index is 14.6. The number of halogens is 1. The summed E-state index contributed by atoms with van der Waals surface area (Å²) in [5.41, 5.74) is 5.74. The van der Waals surface area contributed by atoms with Gasteiger partial charge in [-0.1, -0.05) is 69.6 Å². The van der Waals surface area contributed by atoms with E-state index in [4.69, 9.17) is 26.9 Å². The van der Waals surface area contributed by atoms with Crippen molar-refractivity contribution < 1.29 is 33.5 Å². The number of carbonyl (C=O) groups is 5. The number of nitrogens with one attached hydrogen (secondary N) is 2. The summed E-state index contributed by atoms with van der Waals surface area (Å²) in [5.74, 6) is -2.17. The van der Waals surface area contributed by atoms with Crippen molar-refractivity contribution in [3.63, 3.8) is 0 Å². The molecule has 0 unspecified atom stereocenters. The van der Waals surface area contributed by atoms with Crippen molar-refractivity contribution in [2.24, 2.45) is 28.1 Å². The summed E-state index contributed by atoms with van der Waals surface area (Å²) in [5, 5.41) is 10.6. The Kier molecular flexibility index (Phi) is 11.0. The van der Waals surface area contributed by atoms with Crippen LogP contribution in [0.25, 0.3) is 0 Å². The van der Waals surface area contributed by atoms with Gasteiger partial charge in [-0.05, 0) is 61.1 Å². The number of aryl methyl sites for hydroxylation is 1. The third-order valence-corrected chi connectivity index (χ3v) is 10.6. The number of ether oxygens (including phenoxy) is 1. The molecule has 1 aromatic carbocycles. The van der Waals surface area contributed by atoms with Crippen LogP contribution in [0.1, 0.15) is 103 Å². The van der Waals surface area contributed by atoms with Crippen LogP contribution in [0.2, 0.25) is 5.02 Å². The number of methoxy groups -OCH3 is 1. The van der Waals surface area contributed by atoms with Gasteiger partial charge in [0.1, 0.15) is 17.8 Å². The van der Waals surface area contributed by atoms with Gasteiger partial charge >= 0.3 is 0 Å². The van der Waals surface area contributed by atoms with Crippen molar-refractivity contribution in [3.05, 3.63) is 28.3 Å². The Morgan fingerprint density at radius 1 is 1.08 bits per heavy atom. The minimum atomic E-state index is -1.12. The molecule has 0 bridgehead atoms. The quantitative estimate of drug-likeness (QED) is 0.277. The number of benzene rings is 1. The van der Waals surface area contributed by atoms with Gasteiger partial charge in [0.05, 0.1) is 30.4 Å². The minimum absolute atomic E-state index is 0.0158. The second-order valence-electron chi connectivity index (χ2n) is 15.5. The average molecular weight is 700 g/mol. The topological polar surface area (TPSA) is 169 Å². The lowest BCUT2D eigenvalue weighted by molar-refractivity contribution is -0.145. The van der Waals surface area contributed by atoms with Gasteiger partial charge in [0.25, 0.3) is 5.91 Å². The fourth-order valence-electron chi connectivity index (χ4n) is 7.49. The van der Waals surface area contributed by atoms with E-state index in [1.807, 2.05) is 33.8 Å². The van der Waals surface area contributed by atoms with Gasteiger partial charge in [-0.3, -0.25) is 24.0 Å². The van der Waals surface area contributed by atoms with E-state index < -0.39 is 52.6 Å². The average Bonchev–Trinajstić information content (AvgIpc) is 3.64. The third-order valence-electron chi connectivity index (χ3n) is 10.4. The summed E-state index contributed by atoms with van der Waals surface area (Å²) in [6, 6.07) is 0.537. The molecule has 4 atom stereocenters. The van der Waals surface area contributed by atoms with E-state index in [0.717, 1.165) is 49.7 Å². The smallest absolute Gasteiger partial charge is 0.287 e. The lowest BCUT2D eigenvalue weighted by Crippen LogP contribution is -2.59. The molecule has 3 fully saturated rings. The molecule has 1 saturated heterocycles. The van der Waals surface area contributed by atoms with Crippen LogP contribution in [-0.4, -0.2) is 77.4 Å². The van der Waals surface area contributed by atoms with Crippen LogP contribution in [0, 0.1) is 24.2 Å². The number of ketones is 1. The van der Waals surface area contributed by atoms with Gasteiger partial charge in [0.15, 0.2) is 5.60 Å². The van der Waals surface area contributed by atoms with Crippen molar-refractivity contribution >= 4 is 46.7 Å². The first-order valence-electron chi connectivity index (χ1n) is 17.4. The van der Waals surface area contributed by atoms with E-state index in [9.17, 15) is 24.0 Å². The number of rotatable bonds is 12. The fraction of sp³-hybridized carbons (Fsp3) is 0.667. The molecule has 2 aliphatic carbocycles. The van der Waals surface area contributed by atoms with Crippen LogP contribution in [0.5, 0.6) is 5.75 Å². The SMILES string of the molecule is COc1c(C)cc(C2=NO[C@]3(C2)C[C@@H](C(=O)N[C@@H](CC2CC2)C(=O)C(N)=O)N(C(=O)[C@@H](NC(=O)CC2CCCCC2)C(C)(C)C)C3)cc1Cl. The number of nitrogens with zero attached hydrogens (tertiary/aromatic N) is 2. The Bertz CT molecular complexity index is 1490. The summed E-state index contributed by atoms with van der Waals surface area (Å²) >= 11 is 6.49. The van der Waals surface area contributed by atoms with Crippen molar-refractivity contribution in [3.8, 4) is 5.75 Å².